The fraction of sp³-hybridized carbons (Fsp3) is 0.0714. The molecule has 0 aliphatic heterocycles. The molecule has 3 rings (SSSR count). The van der Waals surface area contributed by atoms with Crippen LogP contribution in [0.2, 0.25) is 0 Å². The molecule has 0 unspecified atom stereocenters. The predicted octanol–water partition coefficient (Wildman–Crippen LogP) is 2.31. The van der Waals surface area contributed by atoms with E-state index in [0.29, 0.717) is 0 Å². The first-order valence-corrected chi connectivity index (χ1v) is 8.56. The Bertz CT molecular complexity index is 746. The number of hydrogen-bond acceptors (Lipinski definition) is 2. The van der Waals surface area contributed by atoms with E-state index in [1.165, 1.54) is 15.8 Å². The number of benzene rings is 2. The van der Waals surface area contributed by atoms with Crippen molar-refractivity contribution < 1.29 is 23.8 Å². The predicted molar refractivity (Wildman–Crippen MR) is 81.8 cm³/mol. The van der Waals surface area contributed by atoms with Gasteiger partial charge in [0.05, 0.1) is 0 Å². The van der Waals surface area contributed by atoms with Crippen LogP contribution in [0.1, 0.15) is 5.56 Å². The van der Waals surface area contributed by atoms with Gasteiger partial charge in [-0.05, 0) is 6.07 Å². The van der Waals surface area contributed by atoms with E-state index in [1.54, 1.807) is 11.3 Å². The molecule has 0 amide bonds. The van der Waals surface area contributed by atoms with Gasteiger partial charge in [-0.3, -0.25) is 0 Å². The van der Waals surface area contributed by atoms with Crippen molar-refractivity contribution in [3.05, 3.63) is 65.7 Å². The van der Waals surface area contributed by atoms with Crippen molar-refractivity contribution in [2.24, 2.45) is 0 Å². The van der Waals surface area contributed by atoms with E-state index >= 15 is 0 Å². The smallest absolute Gasteiger partial charge is 0.303 e. The fourth-order valence-corrected chi connectivity index (χ4v) is 2.77. The lowest BCUT2D eigenvalue weighted by atomic mass is 10.2. The maximum atomic E-state index is 8.88. The second-order valence-corrected chi connectivity index (χ2v) is 6.23. The monoisotopic (exact) mass is 324 g/mol. The molecule has 2 aromatic carbocycles. The maximum Gasteiger partial charge on any atom is 0.466 e. The van der Waals surface area contributed by atoms with Crippen molar-refractivity contribution in [3.63, 3.8) is 0 Å². The zero-order valence-electron chi connectivity index (χ0n) is 11.0. The van der Waals surface area contributed by atoms with Gasteiger partial charge in [-0.25, -0.2) is 4.57 Å². The van der Waals surface area contributed by atoms with Gasteiger partial charge in [0, 0.05) is 11.6 Å². The van der Waals surface area contributed by atoms with Crippen molar-refractivity contribution in [1.29, 1.82) is 0 Å². The van der Waals surface area contributed by atoms with Gasteiger partial charge in [-0.15, -0.1) is 0 Å². The average molecular weight is 324 g/mol. The summed E-state index contributed by atoms with van der Waals surface area (Å²) in [4.78, 5) is 21.6. The summed E-state index contributed by atoms with van der Waals surface area (Å²) in [5.41, 5.74) is 4.85. The van der Waals surface area contributed by atoms with Gasteiger partial charge in [0.1, 0.15) is 4.70 Å². The van der Waals surface area contributed by atoms with Crippen LogP contribution in [-0.2, 0) is 11.1 Å². The zero-order valence-corrected chi connectivity index (χ0v) is 12.7. The molecule has 0 atom stereocenters. The summed E-state index contributed by atoms with van der Waals surface area (Å²) >= 11 is 1.80. The quantitative estimate of drug-likeness (QED) is 0.499. The Labute approximate surface area is 126 Å². The minimum absolute atomic E-state index is 0.949. The summed E-state index contributed by atoms with van der Waals surface area (Å²) in [5, 5.41) is 0. The van der Waals surface area contributed by atoms with Gasteiger partial charge >= 0.3 is 7.82 Å². The lowest BCUT2D eigenvalue weighted by Gasteiger charge is -1.95. The number of rotatable bonds is 2. The SMILES string of the molecule is O=P(O)(O)O.c1ccc(C[n+]2csc3ccccc32)cc1. The molecule has 1 aromatic heterocycles. The second-order valence-electron chi connectivity index (χ2n) is 4.32. The summed E-state index contributed by atoms with van der Waals surface area (Å²) < 4.78 is 12.5. The molecule has 0 aliphatic rings. The third-order valence-corrected chi connectivity index (χ3v) is 3.64. The van der Waals surface area contributed by atoms with Crippen LogP contribution in [0.25, 0.3) is 10.2 Å². The van der Waals surface area contributed by atoms with E-state index in [4.69, 9.17) is 19.2 Å². The molecule has 0 radical (unpaired) electrons. The van der Waals surface area contributed by atoms with Crippen molar-refractivity contribution in [3.8, 4) is 0 Å². The summed E-state index contributed by atoms with van der Waals surface area (Å²) in [5.74, 6) is 0. The standard InChI is InChI=1S/C14H12NS.H3O4P/c1-2-6-12(7-3-1)10-15-11-16-14-9-5-4-8-13(14)15;1-5(2,3)4/h1-9,11H,10H2;(H3,1,2,3,4)/q+1;. The highest BCUT2D eigenvalue weighted by molar-refractivity contribution is 7.45. The van der Waals surface area contributed by atoms with Crippen LogP contribution in [0, 0.1) is 0 Å². The molecule has 0 saturated carbocycles. The molecule has 7 heteroatoms. The number of para-hydroxylation sites is 1. The molecule has 3 N–H and O–H groups in total. The molecule has 5 nitrogen and oxygen atoms in total. The number of aromatic nitrogens is 1. The average Bonchev–Trinajstić information content (AvgIpc) is 2.82. The molecule has 21 heavy (non-hydrogen) atoms. The Hall–Kier alpha value is -1.56. The first-order chi connectivity index (χ1) is 9.93. The first kappa shape index (κ1) is 15.8. The Kier molecular flexibility index (Phi) is 5.22. The topological polar surface area (TPSA) is 81.6 Å². The molecular weight excluding hydrogens is 309 g/mol. The molecule has 0 fully saturated rings. The highest BCUT2D eigenvalue weighted by Gasteiger charge is 2.10. The fourth-order valence-electron chi connectivity index (χ4n) is 1.87. The summed E-state index contributed by atoms with van der Waals surface area (Å²) in [7, 11) is -4.64. The van der Waals surface area contributed by atoms with Crippen LogP contribution >= 0.6 is 19.2 Å². The van der Waals surface area contributed by atoms with E-state index < -0.39 is 7.82 Å². The van der Waals surface area contributed by atoms with Crippen LogP contribution in [-0.4, -0.2) is 14.7 Å². The van der Waals surface area contributed by atoms with Crippen LogP contribution in [0.5, 0.6) is 0 Å². The zero-order chi connectivity index (χ0) is 15.3. The van der Waals surface area contributed by atoms with Crippen LogP contribution in [0.3, 0.4) is 0 Å². The van der Waals surface area contributed by atoms with Crippen LogP contribution in [0.15, 0.2) is 60.1 Å². The number of thiazole rings is 1. The molecule has 1 heterocycles. The largest absolute Gasteiger partial charge is 0.466 e. The van der Waals surface area contributed by atoms with E-state index in [2.05, 4.69) is 64.7 Å². The Morgan fingerprint density at radius 2 is 1.52 bits per heavy atom. The Morgan fingerprint density at radius 3 is 2.19 bits per heavy atom. The van der Waals surface area contributed by atoms with E-state index in [1.807, 2.05) is 0 Å². The molecule has 0 aliphatic carbocycles. The van der Waals surface area contributed by atoms with Gasteiger partial charge in [0.2, 0.25) is 11.0 Å². The van der Waals surface area contributed by atoms with Gasteiger partial charge < -0.3 is 14.7 Å². The van der Waals surface area contributed by atoms with Gasteiger partial charge in [-0.1, -0.05) is 53.8 Å². The second kappa shape index (κ2) is 6.93. The Balaban J connectivity index is 0.000000282. The van der Waals surface area contributed by atoms with Crippen molar-refractivity contribution in [2.45, 2.75) is 6.54 Å². The van der Waals surface area contributed by atoms with Crippen molar-refractivity contribution >= 4 is 29.4 Å². The third kappa shape index (κ3) is 5.38. The molecule has 3 aromatic rings. The molecule has 110 valence electrons. The van der Waals surface area contributed by atoms with Gasteiger partial charge in [-0.2, -0.15) is 4.57 Å². The first-order valence-electron chi connectivity index (χ1n) is 6.11. The van der Waals surface area contributed by atoms with Crippen LogP contribution < -0.4 is 4.57 Å². The normalized spacial score (nSPS) is 11.0. The molecule has 0 saturated heterocycles. The highest BCUT2D eigenvalue weighted by atomic mass is 32.1. The summed E-state index contributed by atoms with van der Waals surface area (Å²) in [6.45, 7) is 0.949. The summed E-state index contributed by atoms with van der Waals surface area (Å²) in [6, 6.07) is 19.1. The number of phosphoric acid groups is 1. The van der Waals surface area contributed by atoms with Gasteiger partial charge in [0.15, 0.2) is 6.54 Å². The van der Waals surface area contributed by atoms with E-state index in [-0.39, 0.29) is 0 Å². The highest BCUT2D eigenvalue weighted by Crippen LogP contribution is 2.25. The van der Waals surface area contributed by atoms with Crippen molar-refractivity contribution in [1.82, 2.24) is 0 Å². The Morgan fingerprint density at radius 1 is 0.952 bits per heavy atom. The van der Waals surface area contributed by atoms with Crippen molar-refractivity contribution in [2.75, 3.05) is 0 Å². The van der Waals surface area contributed by atoms with Gasteiger partial charge in [0.25, 0.3) is 0 Å². The lowest BCUT2D eigenvalue weighted by molar-refractivity contribution is -0.658. The molecule has 0 bridgehead atoms. The minimum Gasteiger partial charge on any atom is -0.303 e. The number of nitrogens with zero attached hydrogens (tertiary/aromatic N) is 1. The maximum absolute atomic E-state index is 8.88. The molecular formula is C14H15NO4PS+. The van der Waals surface area contributed by atoms with E-state index in [0.717, 1.165) is 6.54 Å². The van der Waals surface area contributed by atoms with E-state index in [9.17, 15) is 0 Å². The third-order valence-electron chi connectivity index (χ3n) is 2.68. The lowest BCUT2D eigenvalue weighted by Crippen LogP contribution is -2.31. The number of fused-ring (bicyclic) bond motifs is 1. The number of hydrogen-bond donors (Lipinski definition) is 3. The summed E-state index contributed by atoms with van der Waals surface area (Å²) in [6.07, 6.45) is 0. The molecule has 0 spiro atoms. The minimum atomic E-state index is -4.64. The van der Waals surface area contributed by atoms with Crippen LogP contribution in [0.4, 0.5) is 0 Å².